The van der Waals surface area contributed by atoms with Gasteiger partial charge in [0.05, 0.1) is 11.4 Å². The lowest BCUT2D eigenvalue weighted by Gasteiger charge is -2.07. The second-order valence-corrected chi connectivity index (χ2v) is 5.49. The molecule has 0 radical (unpaired) electrons. The summed E-state index contributed by atoms with van der Waals surface area (Å²) < 4.78 is 1.72. The van der Waals surface area contributed by atoms with E-state index >= 15 is 0 Å². The molecule has 0 saturated heterocycles. The van der Waals surface area contributed by atoms with Crippen LogP contribution in [0.5, 0.6) is 0 Å². The SMILES string of the molecule is CCc1ccc(NC(=O)c2nnn(-c3ccccc3)c2CC)cc1. The fourth-order valence-electron chi connectivity index (χ4n) is 2.59. The van der Waals surface area contributed by atoms with Gasteiger partial charge in [0, 0.05) is 5.69 Å². The topological polar surface area (TPSA) is 59.8 Å². The molecule has 1 amide bonds. The Morgan fingerprint density at radius 1 is 1.00 bits per heavy atom. The van der Waals surface area contributed by atoms with Crippen LogP contribution in [-0.2, 0) is 12.8 Å². The fourth-order valence-corrected chi connectivity index (χ4v) is 2.59. The molecule has 122 valence electrons. The fraction of sp³-hybridized carbons (Fsp3) is 0.211. The van der Waals surface area contributed by atoms with Crippen LogP contribution < -0.4 is 5.32 Å². The van der Waals surface area contributed by atoms with Gasteiger partial charge in [0.25, 0.3) is 5.91 Å². The summed E-state index contributed by atoms with van der Waals surface area (Å²) in [4.78, 5) is 12.6. The van der Waals surface area contributed by atoms with Crippen LogP contribution in [0.25, 0.3) is 5.69 Å². The van der Waals surface area contributed by atoms with Crippen molar-refractivity contribution in [2.24, 2.45) is 0 Å². The summed E-state index contributed by atoms with van der Waals surface area (Å²) in [7, 11) is 0. The molecule has 0 aliphatic carbocycles. The number of rotatable bonds is 5. The molecule has 0 bridgehead atoms. The predicted molar refractivity (Wildman–Crippen MR) is 94.5 cm³/mol. The molecule has 2 aromatic carbocycles. The number of aryl methyl sites for hydroxylation is 1. The van der Waals surface area contributed by atoms with E-state index in [0.29, 0.717) is 12.1 Å². The zero-order valence-electron chi connectivity index (χ0n) is 13.9. The van der Waals surface area contributed by atoms with Crippen LogP contribution >= 0.6 is 0 Å². The number of aromatic nitrogens is 3. The maximum atomic E-state index is 12.6. The van der Waals surface area contributed by atoms with Gasteiger partial charge in [0.15, 0.2) is 5.69 Å². The molecule has 0 aliphatic rings. The van der Waals surface area contributed by atoms with E-state index in [1.165, 1.54) is 5.56 Å². The highest BCUT2D eigenvalue weighted by Gasteiger charge is 2.19. The van der Waals surface area contributed by atoms with E-state index in [-0.39, 0.29) is 5.91 Å². The van der Waals surface area contributed by atoms with Crippen molar-refractivity contribution in [2.75, 3.05) is 5.32 Å². The van der Waals surface area contributed by atoms with E-state index in [2.05, 4.69) is 22.6 Å². The number of hydrogen-bond donors (Lipinski definition) is 1. The van der Waals surface area contributed by atoms with Gasteiger partial charge in [-0.25, -0.2) is 4.68 Å². The van der Waals surface area contributed by atoms with Crippen molar-refractivity contribution < 1.29 is 4.79 Å². The third-order valence-electron chi connectivity index (χ3n) is 3.93. The van der Waals surface area contributed by atoms with Gasteiger partial charge >= 0.3 is 0 Å². The Hall–Kier alpha value is -2.95. The summed E-state index contributed by atoms with van der Waals surface area (Å²) in [6, 6.07) is 17.5. The molecule has 0 spiro atoms. The molecule has 3 aromatic rings. The molecular weight excluding hydrogens is 300 g/mol. The number of carbonyl (C=O) groups excluding carboxylic acids is 1. The van der Waals surface area contributed by atoms with Crippen LogP contribution in [0.1, 0.15) is 35.6 Å². The van der Waals surface area contributed by atoms with Crippen molar-refractivity contribution in [1.29, 1.82) is 0 Å². The molecular formula is C19H20N4O. The Kier molecular flexibility index (Phi) is 4.70. The number of hydrogen-bond acceptors (Lipinski definition) is 3. The molecule has 0 atom stereocenters. The van der Waals surface area contributed by atoms with Crippen LogP contribution in [-0.4, -0.2) is 20.9 Å². The minimum absolute atomic E-state index is 0.238. The van der Waals surface area contributed by atoms with Crippen molar-refractivity contribution in [3.8, 4) is 5.69 Å². The number of carbonyl (C=O) groups is 1. The summed E-state index contributed by atoms with van der Waals surface area (Å²) in [6.45, 7) is 4.09. The summed E-state index contributed by atoms with van der Waals surface area (Å²) in [5, 5.41) is 11.1. The quantitative estimate of drug-likeness (QED) is 0.780. The van der Waals surface area contributed by atoms with Crippen LogP contribution in [0.3, 0.4) is 0 Å². The van der Waals surface area contributed by atoms with Crippen LogP contribution in [0, 0.1) is 0 Å². The first-order valence-electron chi connectivity index (χ1n) is 8.13. The smallest absolute Gasteiger partial charge is 0.278 e. The van der Waals surface area contributed by atoms with Crippen LogP contribution in [0.15, 0.2) is 54.6 Å². The first-order chi connectivity index (χ1) is 11.7. The molecule has 0 aliphatic heterocycles. The molecule has 5 heteroatoms. The van der Waals surface area contributed by atoms with Gasteiger partial charge in [-0.15, -0.1) is 5.10 Å². The molecule has 0 saturated carbocycles. The summed E-state index contributed by atoms with van der Waals surface area (Å²) in [5.41, 5.74) is 4.05. The number of amides is 1. The Morgan fingerprint density at radius 3 is 2.33 bits per heavy atom. The molecule has 0 fully saturated rings. The van der Waals surface area contributed by atoms with E-state index < -0.39 is 0 Å². The molecule has 3 rings (SSSR count). The third-order valence-corrected chi connectivity index (χ3v) is 3.93. The van der Waals surface area contributed by atoms with Crippen LogP contribution in [0.4, 0.5) is 5.69 Å². The summed E-state index contributed by atoms with van der Waals surface area (Å²) in [6.07, 6.45) is 1.64. The zero-order valence-corrected chi connectivity index (χ0v) is 13.9. The average molecular weight is 320 g/mol. The first kappa shape index (κ1) is 15.9. The zero-order chi connectivity index (χ0) is 16.9. The molecule has 1 N–H and O–H groups in total. The summed E-state index contributed by atoms with van der Waals surface area (Å²) in [5.74, 6) is -0.238. The Morgan fingerprint density at radius 2 is 1.71 bits per heavy atom. The first-order valence-corrected chi connectivity index (χ1v) is 8.13. The normalized spacial score (nSPS) is 10.6. The second kappa shape index (κ2) is 7.08. The predicted octanol–water partition coefficient (Wildman–Crippen LogP) is 3.64. The molecule has 1 heterocycles. The maximum Gasteiger partial charge on any atom is 0.278 e. The maximum absolute atomic E-state index is 12.6. The van der Waals surface area contributed by atoms with E-state index in [4.69, 9.17) is 0 Å². The number of anilines is 1. The minimum Gasteiger partial charge on any atom is -0.321 e. The lowest BCUT2D eigenvalue weighted by Crippen LogP contribution is -2.15. The lowest BCUT2D eigenvalue weighted by atomic mass is 10.1. The highest BCUT2D eigenvalue weighted by atomic mass is 16.2. The largest absolute Gasteiger partial charge is 0.321 e. The lowest BCUT2D eigenvalue weighted by molar-refractivity contribution is 0.102. The van der Waals surface area contributed by atoms with Crippen molar-refractivity contribution in [3.05, 3.63) is 71.5 Å². The van der Waals surface area contributed by atoms with Crippen molar-refractivity contribution in [3.63, 3.8) is 0 Å². The van der Waals surface area contributed by atoms with Gasteiger partial charge in [-0.1, -0.05) is 49.4 Å². The highest BCUT2D eigenvalue weighted by Crippen LogP contribution is 2.16. The monoisotopic (exact) mass is 320 g/mol. The molecule has 1 aromatic heterocycles. The van der Waals surface area contributed by atoms with Gasteiger partial charge in [0.1, 0.15) is 0 Å². The van der Waals surface area contributed by atoms with Gasteiger partial charge in [-0.05, 0) is 42.7 Å². The minimum atomic E-state index is -0.238. The summed E-state index contributed by atoms with van der Waals surface area (Å²) >= 11 is 0. The van der Waals surface area contributed by atoms with E-state index in [1.807, 2.05) is 61.5 Å². The molecule has 5 nitrogen and oxygen atoms in total. The van der Waals surface area contributed by atoms with E-state index in [1.54, 1.807) is 4.68 Å². The van der Waals surface area contributed by atoms with Crippen molar-refractivity contribution in [2.45, 2.75) is 26.7 Å². The van der Waals surface area contributed by atoms with Gasteiger partial charge in [-0.2, -0.15) is 0 Å². The van der Waals surface area contributed by atoms with Gasteiger partial charge in [0.2, 0.25) is 0 Å². The standard InChI is InChI=1S/C19H20N4O/c1-3-14-10-12-15(13-11-14)20-19(24)18-17(4-2)23(22-21-18)16-8-6-5-7-9-16/h5-13H,3-4H2,1-2H3,(H,20,24). The number of nitrogens with one attached hydrogen (secondary N) is 1. The molecule has 0 unspecified atom stereocenters. The second-order valence-electron chi connectivity index (χ2n) is 5.49. The number of para-hydroxylation sites is 1. The third kappa shape index (κ3) is 3.20. The average Bonchev–Trinajstić information content (AvgIpc) is 3.07. The van der Waals surface area contributed by atoms with Gasteiger partial charge < -0.3 is 5.32 Å². The highest BCUT2D eigenvalue weighted by molar-refractivity contribution is 6.03. The van der Waals surface area contributed by atoms with Crippen LogP contribution in [0.2, 0.25) is 0 Å². The Balaban J connectivity index is 1.86. The van der Waals surface area contributed by atoms with Crippen molar-refractivity contribution in [1.82, 2.24) is 15.0 Å². The Labute approximate surface area is 141 Å². The van der Waals surface area contributed by atoms with E-state index in [9.17, 15) is 4.79 Å². The number of benzene rings is 2. The van der Waals surface area contributed by atoms with Crippen molar-refractivity contribution >= 4 is 11.6 Å². The van der Waals surface area contributed by atoms with Gasteiger partial charge in [-0.3, -0.25) is 4.79 Å². The van der Waals surface area contributed by atoms with E-state index in [0.717, 1.165) is 23.5 Å². The number of nitrogens with zero attached hydrogens (tertiary/aromatic N) is 3. The molecule has 24 heavy (non-hydrogen) atoms. The Bertz CT molecular complexity index is 822.